The Labute approximate surface area is 269 Å². The molecule has 0 spiro atoms. The van der Waals surface area contributed by atoms with Crippen LogP contribution >= 0.6 is 7.82 Å². The summed E-state index contributed by atoms with van der Waals surface area (Å²) in [5.74, 6) is -0.846. The summed E-state index contributed by atoms with van der Waals surface area (Å²) in [6.45, 7) is 9.78. The highest BCUT2D eigenvalue weighted by Crippen LogP contribution is 2.49. The first kappa shape index (κ1) is 34.8. The van der Waals surface area contributed by atoms with Crippen LogP contribution in [0.3, 0.4) is 0 Å². The molecule has 244 valence electrons. The number of oxime groups is 1. The summed E-state index contributed by atoms with van der Waals surface area (Å²) in [6.07, 6.45) is 4.20. The van der Waals surface area contributed by atoms with E-state index in [2.05, 4.69) is 16.6 Å². The van der Waals surface area contributed by atoms with Crippen molar-refractivity contribution in [2.75, 3.05) is 13.2 Å². The zero-order valence-electron chi connectivity index (χ0n) is 27.0. The van der Waals surface area contributed by atoms with E-state index >= 15 is 0 Å². The van der Waals surface area contributed by atoms with Crippen molar-refractivity contribution in [2.45, 2.75) is 73.3 Å². The molecule has 0 saturated carbocycles. The SMILES string of the molecule is CCCCCC/C(=N\OC(C)=O)C(=O)c1ccc2c(c1)c1cc(C(=O)c3ccc(OP(=O)(OCC)OCC)cc3)ccc1n2CC. The number of rotatable bonds is 17. The van der Waals surface area contributed by atoms with E-state index < -0.39 is 13.8 Å². The first-order valence-electron chi connectivity index (χ1n) is 15.7. The molecule has 11 heteroatoms. The number of phosphoric acid groups is 1. The molecule has 0 fully saturated rings. The van der Waals surface area contributed by atoms with Crippen molar-refractivity contribution < 1.29 is 37.4 Å². The summed E-state index contributed by atoms with van der Waals surface area (Å²) in [5.41, 5.74) is 3.36. The highest BCUT2D eigenvalue weighted by atomic mass is 31.2. The lowest BCUT2D eigenvalue weighted by Gasteiger charge is -2.17. The largest absolute Gasteiger partial charge is 0.530 e. The molecule has 0 amide bonds. The van der Waals surface area contributed by atoms with Gasteiger partial charge in [-0.1, -0.05) is 31.3 Å². The normalized spacial score (nSPS) is 12.1. The first-order chi connectivity index (χ1) is 22.1. The quantitative estimate of drug-likeness (QED) is 0.0278. The summed E-state index contributed by atoms with van der Waals surface area (Å²) in [5, 5.41) is 5.55. The maximum atomic E-state index is 13.6. The molecule has 4 rings (SSSR count). The van der Waals surface area contributed by atoms with Gasteiger partial charge >= 0.3 is 13.8 Å². The van der Waals surface area contributed by atoms with Gasteiger partial charge in [-0.2, -0.15) is 0 Å². The number of nitrogens with zero attached hydrogens (tertiary/aromatic N) is 2. The van der Waals surface area contributed by atoms with Crippen molar-refractivity contribution in [2.24, 2.45) is 5.16 Å². The van der Waals surface area contributed by atoms with E-state index in [1.807, 2.05) is 31.2 Å². The Morgan fingerprint density at radius 1 is 0.761 bits per heavy atom. The Hall–Kier alpha value is -4.11. The van der Waals surface area contributed by atoms with Crippen LogP contribution in [0.25, 0.3) is 21.8 Å². The van der Waals surface area contributed by atoms with Crippen LogP contribution < -0.4 is 4.52 Å². The third-order valence-electron chi connectivity index (χ3n) is 7.43. The minimum atomic E-state index is -3.77. The minimum absolute atomic E-state index is 0.155. The Balaban J connectivity index is 1.67. The van der Waals surface area contributed by atoms with Crippen molar-refractivity contribution >= 4 is 52.9 Å². The van der Waals surface area contributed by atoms with Gasteiger partial charge in [0.05, 0.1) is 13.2 Å². The van der Waals surface area contributed by atoms with Crippen molar-refractivity contribution in [3.63, 3.8) is 0 Å². The van der Waals surface area contributed by atoms with Crippen LogP contribution in [0.5, 0.6) is 5.75 Å². The molecule has 1 heterocycles. The summed E-state index contributed by atoms with van der Waals surface area (Å²) in [6, 6.07) is 17.3. The molecule has 0 radical (unpaired) electrons. The van der Waals surface area contributed by atoms with Gasteiger partial charge in [-0.3, -0.25) is 18.6 Å². The number of hydrogen-bond donors (Lipinski definition) is 0. The molecular formula is C35H41N2O8P. The summed E-state index contributed by atoms with van der Waals surface area (Å²) in [4.78, 5) is 43.5. The fraction of sp³-hybridized carbons (Fsp3) is 0.371. The second kappa shape index (κ2) is 15.9. The predicted octanol–water partition coefficient (Wildman–Crippen LogP) is 8.68. The van der Waals surface area contributed by atoms with Crippen LogP contribution in [0.15, 0.2) is 65.8 Å². The lowest BCUT2D eigenvalue weighted by molar-refractivity contribution is -0.140. The zero-order valence-corrected chi connectivity index (χ0v) is 27.9. The Bertz CT molecular complexity index is 1780. The van der Waals surface area contributed by atoms with Gasteiger partial charge in [0, 0.05) is 52.0 Å². The summed E-state index contributed by atoms with van der Waals surface area (Å²) < 4.78 is 30.7. The van der Waals surface area contributed by atoms with Crippen LogP contribution in [0.2, 0.25) is 0 Å². The molecule has 46 heavy (non-hydrogen) atoms. The smallest absolute Gasteiger partial charge is 0.404 e. The lowest BCUT2D eigenvalue weighted by Crippen LogP contribution is -2.16. The van der Waals surface area contributed by atoms with E-state index in [9.17, 15) is 18.9 Å². The molecule has 0 N–H and O–H groups in total. The number of unbranched alkanes of at least 4 members (excludes halogenated alkanes) is 3. The number of benzene rings is 3. The van der Waals surface area contributed by atoms with E-state index in [4.69, 9.17) is 18.4 Å². The highest BCUT2D eigenvalue weighted by Gasteiger charge is 2.27. The second-order valence-corrected chi connectivity index (χ2v) is 12.3. The van der Waals surface area contributed by atoms with Gasteiger partial charge in [0.1, 0.15) is 11.5 Å². The number of ketones is 2. The third kappa shape index (κ3) is 8.18. The highest BCUT2D eigenvalue weighted by molar-refractivity contribution is 7.48. The van der Waals surface area contributed by atoms with Crippen LogP contribution in [0, 0.1) is 0 Å². The number of Topliss-reactive ketones (excluding diaryl/α,β-unsaturated/α-hetero) is 1. The molecule has 1 aromatic heterocycles. The Morgan fingerprint density at radius 3 is 1.91 bits per heavy atom. The first-order valence-corrected chi connectivity index (χ1v) is 17.2. The Morgan fingerprint density at radius 2 is 1.35 bits per heavy atom. The fourth-order valence-electron chi connectivity index (χ4n) is 5.30. The number of aromatic nitrogens is 1. The molecule has 3 aromatic carbocycles. The fourth-order valence-corrected chi connectivity index (χ4v) is 6.49. The molecule has 0 saturated heterocycles. The minimum Gasteiger partial charge on any atom is -0.404 e. The number of aryl methyl sites for hydroxylation is 1. The van der Waals surface area contributed by atoms with Gasteiger partial charge in [-0.05, 0) is 94.3 Å². The van der Waals surface area contributed by atoms with Crippen molar-refractivity contribution in [3.05, 3.63) is 77.4 Å². The molecular weight excluding hydrogens is 607 g/mol. The monoisotopic (exact) mass is 648 g/mol. The van der Waals surface area contributed by atoms with E-state index in [-0.39, 0.29) is 36.2 Å². The maximum Gasteiger partial charge on any atom is 0.530 e. The van der Waals surface area contributed by atoms with E-state index in [0.29, 0.717) is 29.7 Å². The van der Waals surface area contributed by atoms with Gasteiger partial charge in [0.15, 0.2) is 5.78 Å². The Kier molecular flexibility index (Phi) is 12.0. The van der Waals surface area contributed by atoms with Crippen LogP contribution in [-0.2, 0) is 29.8 Å². The summed E-state index contributed by atoms with van der Waals surface area (Å²) in [7, 11) is -3.77. The van der Waals surface area contributed by atoms with Gasteiger partial charge in [-0.25, -0.2) is 9.36 Å². The predicted molar refractivity (Wildman–Crippen MR) is 179 cm³/mol. The van der Waals surface area contributed by atoms with Gasteiger partial charge in [0.2, 0.25) is 5.78 Å². The molecule has 0 aliphatic heterocycles. The van der Waals surface area contributed by atoms with Crippen LogP contribution in [-0.4, -0.2) is 41.0 Å². The molecule has 10 nitrogen and oxygen atoms in total. The van der Waals surface area contributed by atoms with E-state index in [1.54, 1.807) is 50.2 Å². The number of phosphoric ester groups is 1. The molecule has 4 aromatic rings. The number of hydrogen-bond acceptors (Lipinski definition) is 9. The second-order valence-electron chi connectivity index (χ2n) is 10.7. The van der Waals surface area contributed by atoms with Gasteiger partial charge in [0.25, 0.3) is 0 Å². The van der Waals surface area contributed by atoms with E-state index in [1.165, 1.54) is 6.92 Å². The molecule has 0 atom stereocenters. The van der Waals surface area contributed by atoms with Gasteiger partial charge in [-0.15, -0.1) is 0 Å². The van der Waals surface area contributed by atoms with Crippen molar-refractivity contribution in [1.82, 2.24) is 4.57 Å². The van der Waals surface area contributed by atoms with Gasteiger partial charge < -0.3 is 13.9 Å². The molecule has 0 bridgehead atoms. The van der Waals surface area contributed by atoms with E-state index in [0.717, 1.165) is 47.5 Å². The average molecular weight is 649 g/mol. The number of carbonyl (C=O) groups is 3. The lowest BCUT2D eigenvalue weighted by atomic mass is 9.98. The summed E-state index contributed by atoms with van der Waals surface area (Å²) >= 11 is 0. The topological polar surface area (TPSA) is 122 Å². The number of carbonyl (C=O) groups excluding carboxylic acids is 3. The maximum absolute atomic E-state index is 13.6. The third-order valence-corrected chi connectivity index (χ3v) is 9.01. The number of fused-ring (bicyclic) bond motifs is 3. The molecule has 0 aliphatic carbocycles. The molecule has 0 aliphatic rings. The molecule has 0 unspecified atom stereocenters. The standard InChI is InChI=1S/C35H41N2O8P/c1-6-10-11-12-13-31(36-44-24(5)38)35(40)27-17-21-33-30(23-27)29-22-26(16-20-32(29)37(33)7-2)34(39)25-14-18-28(19-15-25)45-46(41,42-8-3)43-9-4/h14-23H,6-13H2,1-5H3/b36-31+. The average Bonchev–Trinajstić information content (AvgIpc) is 3.36. The van der Waals surface area contributed by atoms with Crippen molar-refractivity contribution in [1.29, 1.82) is 0 Å². The van der Waals surface area contributed by atoms with Crippen LogP contribution in [0.4, 0.5) is 0 Å². The zero-order chi connectivity index (χ0) is 33.3. The van der Waals surface area contributed by atoms with Crippen molar-refractivity contribution in [3.8, 4) is 5.75 Å². The van der Waals surface area contributed by atoms with Crippen LogP contribution in [0.1, 0.15) is 93.0 Å².